The molecule has 0 aliphatic carbocycles. The third-order valence-corrected chi connectivity index (χ3v) is 3.14. The van der Waals surface area contributed by atoms with Crippen LogP contribution in [0.15, 0.2) is 24.3 Å². The molecule has 0 saturated heterocycles. The van der Waals surface area contributed by atoms with Crippen molar-refractivity contribution in [2.24, 2.45) is 0 Å². The van der Waals surface area contributed by atoms with Crippen LogP contribution in [0.2, 0.25) is 0 Å². The van der Waals surface area contributed by atoms with Crippen LogP contribution in [-0.2, 0) is 16.0 Å². The van der Waals surface area contributed by atoms with Crippen LogP contribution in [0.25, 0.3) is 0 Å². The molecule has 0 unspecified atom stereocenters. The van der Waals surface area contributed by atoms with Gasteiger partial charge in [-0.1, -0.05) is 18.2 Å². The SMILES string of the molecule is COCCOCCN1CCNCc2ccccc21. The number of nitrogens with one attached hydrogen (secondary N) is 1. The summed E-state index contributed by atoms with van der Waals surface area (Å²) in [6, 6.07) is 8.58. The normalized spacial score (nSPS) is 15.3. The molecule has 4 nitrogen and oxygen atoms in total. The Bertz CT molecular complexity index is 357. The second-order valence-electron chi connectivity index (χ2n) is 4.40. The maximum atomic E-state index is 5.55. The van der Waals surface area contributed by atoms with Gasteiger partial charge in [-0.2, -0.15) is 0 Å². The van der Waals surface area contributed by atoms with E-state index in [-0.39, 0.29) is 0 Å². The second kappa shape index (κ2) is 7.36. The molecule has 1 aliphatic heterocycles. The van der Waals surface area contributed by atoms with Gasteiger partial charge in [-0.05, 0) is 11.6 Å². The molecule has 1 N–H and O–H groups in total. The molecular weight excluding hydrogens is 228 g/mol. The molecule has 0 fully saturated rings. The molecular formula is C14H22N2O2. The minimum Gasteiger partial charge on any atom is -0.382 e. The first kappa shape index (κ1) is 13.3. The van der Waals surface area contributed by atoms with Crippen LogP contribution in [0.1, 0.15) is 5.56 Å². The van der Waals surface area contributed by atoms with Gasteiger partial charge in [0.2, 0.25) is 0 Å². The number of nitrogens with zero attached hydrogens (tertiary/aromatic N) is 1. The van der Waals surface area contributed by atoms with Crippen LogP contribution in [0.3, 0.4) is 0 Å². The summed E-state index contributed by atoms with van der Waals surface area (Å²) in [7, 11) is 1.69. The summed E-state index contributed by atoms with van der Waals surface area (Å²) >= 11 is 0. The molecule has 0 atom stereocenters. The Morgan fingerprint density at radius 3 is 3.00 bits per heavy atom. The molecule has 1 aliphatic rings. The van der Waals surface area contributed by atoms with Crippen LogP contribution in [-0.4, -0.2) is 46.6 Å². The van der Waals surface area contributed by atoms with E-state index in [4.69, 9.17) is 9.47 Å². The minimum atomic E-state index is 0.665. The first-order valence-electron chi connectivity index (χ1n) is 6.52. The predicted octanol–water partition coefficient (Wildman–Crippen LogP) is 1.26. The molecule has 1 heterocycles. The number of benzene rings is 1. The zero-order chi connectivity index (χ0) is 12.6. The molecule has 4 heteroatoms. The minimum absolute atomic E-state index is 0.665. The molecule has 0 aromatic heterocycles. The van der Waals surface area contributed by atoms with E-state index in [1.165, 1.54) is 11.3 Å². The Morgan fingerprint density at radius 2 is 2.11 bits per heavy atom. The molecule has 1 aromatic rings. The van der Waals surface area contributed by atoms with Crippen molar-refractivity contribution in [2.45, 2.75) is 6.54 Å². The van der Waals surface area contributed by atoms with Crippen LogP contribution >= 0.6 is 0 Å². The molecule has 0 saturated carbocycles. The van der Waals surface area contributed by atoms with Crippen molar-refractivity contribution in [2.75, 3.05) is 51.5 Å². The molecule has 2 rings (SSSR count). The standard InChI is InChI=1S/C14H22N2O2/c1-17-10-11-18-9-8-16-7-6-15-12-13-4-2-3-5-14(13)16/h2-5,15H,6-12H2,1H3. The van der Waals surface area contributed by atoms with Gasteiger partial charge in [0.15, 0.2) is 0 Å². The van der Waals surface area contributed by atoms with Gasteiger partial charge in [-0.3, -0.25) is 0 Å². The predicted molar refractivity (Wildman–Crippen MR) is 73.1 cm³/mol. The summed E-state index contributed by atoms with van der Waals surface area (Å²) in [6.45, 7) is 6.02. The van der Waals surface area contributed by atoms with E-state index in [0.717, 1.165) is 32.8 Å². The molecule has 0 bridgehead atoms. The third kappa shape index (κ3) is 3.70. The van der Waals surface area contributed by atoms with Gasteiger partial charge in [0.1, 0.15) is 0 Å². The monoisotopic (exact) mass is 250 g/mol. The van der Waals surface area contributed by atoms with E-state index >= 15 is 0 Å². The van der Waals surface area contributed by atoms with Crippen LogP contribution in [0, 0.1) is 0 Å². The highest BCUT2D eigenvalue weighted by molar-refractivity contribution is 5.54. The number of hydrogen-bond acceptors (Lipinski definition) is 4. The lowest BCUT2D eigenvalue weighted by molar-refractivity contribution is 0.0741. The van der Waals surface area contributed by atoms with Gasteiger partial charge >= 0.3 is 0 Å². The highest BCUT2D eigenvalue weighted by Crippen LogP contribution is 2.21. The average molecular weight is 250 g/mol. The van der Waals surface area contributed by atoms with Gasteiger partial charge in [-0.15, -0.1) is 0 Å². The van der Waals surface area contributed by atoms with Gasteiger partial charge in [0, 0.05) is 39.0 Å². The van der Waals surface area contributed by atoms with Crippen molar-refractivity contribution in [3.05, 3.63) is 29.8 Å². The van der Waals surface area contributed by atoms with Gasteiger partial charge < -0.3 is 19.7 Å². The smallest absolute Gasteiger partial charge is 0.0701 e. The van der Waals surface area contributed by atoms with Crippen molar-refractivity contribution < 1.29 is 9.47 Å². The number of hydrogen-bond donors (Lipinski definition) is 1. The zero-order valence-corrected chi connectivity index (χ0v) is 11.0. The topological polar surface area (TPSA) is 33.7 Å². The van der Waals surface area contributed by atoms with Crippen molar-refractivity contribution in [1.82, 2.24) is 5.32 Å². The Labute approximate surface area is 109 Å². The van der Waals surface area contributed by atoms with Crippen molar-refractivity contribution in [3.8, 4) is 0 Å². The molecule has 0 amide bonds. The fourth-order valence-corrected chi connectivity index (χ4v) is 2.18. The van der Waals surface area contributed by atoms with Crippen molar-refractivity contribution >= 4 is 5.69 Å². The third-order valence-electron chi connectivity index (χ3n) is 3.14. The molecule has 18 heavy (non-hydrogen) atoms. The van der Waals surface area contributed by atoms with E-state index < -0.39 is 0 Å². The summed E-state index contributed by atoms with van der Waals surface area (Å²) in [5.74, 6) is 0. The maximum Gasteiger partial charge on any atom is 0.0701 e. The lowest BCUT2D eigenvalue weighted by Crippen LogP contribution is -2.32. The summed E-state index contributed by atoms with van der Waals surface area (Å²) in [5.41, 5.74) is 2.70. The number of methoxy groups -OCH3 is 1. The second-order valence-corrected chi connectivity index (χ2v) is 4.40. The Kier molecular flexibility index (Phi) is 5.45. The fourth-order valence-electron chi connectivity index (χ4n) is 2.18. The number of anilines is 1. The van der Waals surface area contributed by atoms with Gasteiger partial charge in [0.25, 0.3) is 0 Å². The van der Waals surface area contributed by atoms with Crippen LogP contribution in [0.4, 0.5) is 5.69 Å². The fraction of sp³-hybridized carbons (Fsp3) is 0.571. The van der Waals surface area contributed by atoms with Crippen LogP contribution < -0.4 is 10.2 Å². The zero-order valence-electron chi connectivity index (χ0n) is 11.0. The summed E-state index contributed by atoms with van der Waals surface area (Å²) in [6.07, 6.45) is 0. The quantitative estimate of drug-likeness (QED) is 0.771. The number of ether oxygens (including phenoxy) is 2. The highest BCUT2D eigenvalue weighted by atomic mass is 16.5. The van der Waals surface area contributed by atoms with Gasteiger partial charge in [0.05, 0.1) is 19.8 Å². The first-order chi connectivity index (χ1) is 8.92. The van der Waals surface area contributed by atoms with E-state index in [1.807, 2.05) is 0 Å². The van der Waals surface area contributed by atoms with E-state index in [9.17, 15) is 0 Å². The molecule has 0 radical (unpaired) electrons. The maximum absolute atomic E-state index is 5.55. The summed E-state index contributed by atoms with van der Waals surface area (Å²) < 4.78 is 10.5. The summed E-state index contributed by atoms with van der Waals surface area (Å²) in [4.78, 5) is 2.39. The van der Waals surface area contributed by atoms with E-state index in [1.54, 1.807) is 7.11 Å². The van der Waals surface area contributed by atoms with Crippen molar-refractivity contribution in [1.29, 1.82) is 0 Å². The summed E-state index contributed by atoms with van der Waals surface area (Å²) in [5, 5.41) is 3.44. The Morgan fingerprint density at radius 1 is 1.22 bits per heavy atom. The lowest BCUT2D eigenvalue weighted by Gasteiger charge is -2.24. The Hall–Kier alpha value is -1.10. The van der Waals surface area contributed by atoms with Crippen LogP contribution in [0.5, 0.6) is 0 Å². The van der Waals surface area contributed by atoms with Crippen molar-refractivity contribution in [3.63, 3.8) is 0 Å². The first-order valence-corrected chi connectivity index (χ1v) is 6.52. The number of rotatable bonds is 6. The Balaban J connectivity index is 1.88. The number of para-hydroxylation sites is 1. The van der Waals surface area contributed by atoms with Gasteiger partial charge in [-0.25, -0.2) is 0 Å². The lowest BCUT2D eigenvalue weighted by atomic mass is 10.1. The highest BCUT2D eigenvalue weighted by Gasteiger charge is 2.13. The molecule has 100 valence electrons. The van der Waals surface area contributed by atoms with E-state index in [2.05, 4.69) is 34.5 Å². The number of fused-ring (bicyclic) bond motifs is 1. The molecule has 1 aromatic carbocycles. The average Bonchev–Trinajstić information content (AvgIpc) is 2.61. The largest absolute Gasteiger partial charge is 0.382 e. The van der Waals surface area contributed by atoms with E-state index in [0.29, 0.717) is 13.2 Å². The molecule has 0 spiro atoms.